The summed E-state index contributed by atoms with van der Waals surface area (Å²) in [5.41, 5.74) is 1.44. The Hall–Kier alpha value is -4.54. The van der Waals surface area contributed by atoms with Crippen molar-refractivity contribution in [1.29, 1.82) is 0 Å². The van der Waals surface area contributed by atoms with Gasteiger partial charge >= 0.3 is 12.2 Å². The van der Waals surface area contributed by atoms with E-state index < -0.39 is 17.6 Å². The largest absolute Gasteiger partial charge is 0.417 e. The molecule has 2 aromatic heterocycles. The van der Waals surface area contributed by atoms with Gasteiger partial charge in [-0.1, -0.05) is 30.3 Å². The van der Waals surface area contributed by atoms with Gasteiger partial charge in [-0.2, -0.15) is 13.2 Å². The Morgan fingerprint density at radius 3 is 2.42 bits per heavy atom. The van der Waals surface area contributed by atoms with Crippen LogP contribution >= 0.6 is 0 Å². The number of nitrogens with zero attached hydrogens (tertiary/aromatic N) is 4. The summed E-state index contributed by atoms with van der Waals surface area (Å²) in [5.74, 6) is -1.28. The summed E-state index contributed by atoms with van der Waals surface area (Å²) in [4.78, 5) is 26.5. The number of carbonyl (C=O) groups is 1. The fourth-order valence-electron chi connectivity index (χ4n) is 4.39. The molecule has 11 heteroatoms. The average molecular weight is 523 g/mol. The van der Waals surface area contributed by atoms with E-state index in [1.165, 1.54) is 18.5 Å². The first-order valence-electron chi connectivity index (χ1n) is 11.7. The van der Waals surface area contributed by atoms with Crippen LogP contribution in [0.2, 0.25) is 0 Å². The maximum Gasteiger partial charge on any atom is 0.417 e. The number of alkyl halides is 3. The third kappa shape index (κ3) is 4.99. The first-order chi connectivity index (χ1) is 18.2. The number of carbonyl (C=O) groups excluding carboxylic acids is 1. The monoisotopic (exact) mass is 522 g/mol. The zero-order valence-electron chi connectivity index (χ0n) is 20.2. The van der Waals surface area contributed by atoms with Crippen molar-refractivity contribution in [2.45, 2.75) is 19.1 Å². The molecular weight excluding hydrogens is 500 g/mol. The topological polar surface area (TPSA) is 83.0 Å². The summed E-state index contributed by atoms with van der Waals surface area (Å²) in [6.07, 6.45) is -1.66. The van der Waals surface area contributed by atoms with Crippen LogP contribution in [0, 0.1) is 5.82 Å². The van der Waals surface area contributed by atoms with Crippen molar-refractivity contribution >= 4 is 17.4 Å². The molecule has 0 spiro atoms. The lowest BCUT2D eigenvalue weighted by atomic mass is 10.0. The second-order valence-electron chi connectivity index (χ2n) is 8.66. The molecule has 4 aromatic rings. The van der Waals surface area contributed by atoms with E-state index in [0.29, 0.717) is 30.4 Å². The summed E-state index contributed by atoms with van der Waals surface area (Å²) in [6.45, 7) is 0.763. The molecule has 0 unspecified atom stereocenters. The quantitative estimate of drug-likeness (QED) is 0.331. The van der Waals surface area contributed by atoms with Crippen LogP contribution in [0.4, 0.5) is 33.7 Å². The van der Waals surface area contributed by atoms with Crippen LogP contribution in [0.1, 0.15) is 16.8 Å². The van der Waals surface area contributed by atoms with E-state index in [2.05, 4.69) is 20.6 Å². The van der Waals surface area contributed by atoms with Crippen molar-refractivity contribution in [2.75, 3.05) is 18.9 Å². The first kappa shape index (κ1) is 25.1. The molecule has 38 heavy (non-hydrogen) atoms. The van der Waals surface area contributed by atoms with Crippen LogP contribution in [0.5, 0.6) is 0 Å². The van der Waals surface area contributed by atoms with Crippen molar-refractivity contribution in [2.24, 2.45) is 0 Å². The first-order valence-corrected chi connectivity index (χ1v) is 11.7. The van der Waals surface area contributed by atoms with Gasteiger partial charge < -0.3 is 15.5 Å². The van der Waals surface area contributed by atoms with Gasteiger partial charge in [-0.3, -0.25) is 4.98 Å². The molecule has 1 aliphatic heterocycles. The standard InChI is InChI=1S/C27H22F4N6O/c1-32-26(38)37-11-8-21-17(15-37)12-23(24(36-21)16-6-3-2-4-7-16)35-22-13-18(25-33-9-5-10-34-25)19(14-20(22)28)27(29,30)31/h2-7,9-10,12-14,35H,8,11,15H2,1H3,(H,32,38). The molecule has 2 aromatic carbocycles. The highest BCUT2D eigenvalue weighted by Crippen LogP contribution is 2.40. The third-order valence-electron chi connectivity index (χ3n) is 6.21. The number of hydrogen-bond acceptors (Lipinski definition) is 5. The van der Waals surface area contributed by atoms with Gasteiger partial charge in [0.1, 0.15) is 5.82 Å². The molecule has 0 saturated carbocycles. The zero-order valence-corrected chi connectivity index (χ0v) is 20.2. The minimum absolute atomic E-state index is 0.184. The van der Waals surface area contributed by atoms with Crippen LogP contribution in [0.3, 0.4) is 0 Å². The number of hydrogen-bond donors (Lipinski definition) is 2. The minimum atomic E-state index is -4.82. The Bertz CT molecular complexity index is 1480. The van der Waals surface area contributed by atoms with Gasteiger partial charge in [0.2, 0.25) is 0 Å². The second kappa shape index (κ2) is 10.1. The van der Waals surface area contributed by atoms with Crippen LogP contribution in [0.15, 0.2) is 67.0 Å². The highest BCUT2D eigenvalue weighted by molar-refractivity contribution is 5.81. The molecule has 3 heterocycles. The molecule has 5 rings (SSSR count). The summed E-state index contributed by atoms with van der Waals surface area (Å²) in [5, 5.41) is 5.56. The van der Waals surface area contributed by atoms with E-state index >= 15 is 4.39 Å². The predicted molar refractivity (Wildman–Crippen MR) is 134 cm³/mol. The number of anilines is 2. The van der Waals surface area contributed by atoms with E-state index in [-0.39, 0.29) is 29.7 Å². The summed E-state index contributed by atoms with van der Waals surface area (Å²) < 4.78 is 56.5. The van der Waals surface area contributed by atoms with Crippen molar-refractivity contribution < 1.29 is 22.4 Å². The zero-order chi connectivity index (χ0) is 26.9. The molecule has 0 saturated heterocycles. The highest BCUT2D eigenvalue weighted by atomic mass is 19.4. The molecule has 194 valence electrons. The summed E-state index contributed by atoms with van der Waals surface area (Å²) in [6, 6.07) is 13.7. The van der Waals surface area contributed by atoms with Crippen molar-refractivity contribution in [3.8, 4) is 22.6 Å². The van der Waals surface area contributed by atoms with Crippen LogP contribution in [-0.2, 0) is 19.1 Å². The number of pyridine rings is 1. The summed E-state index contributed by atoms with van der Waals surface area (Å²) in [7, 11) is 1.54. The van der Waals surface area contributed by atoms with E-state index in [0.717, 1.165) is 22.9 Å². The van der Waals surface area contributed by atoms with Gasteiger partial charge in [0.25, 0.3) is 0 Å². The molecule has 1 aliphatic rings. The number of amides is 2. The molecule has 0 atom stereocenters. The number of nitrogens with one attached hydrogen (secondary N) is 2. The minimum Gasteiger partial charge on any atom is -0.351 e. The van der Waals surface area contributed by atoms with Gasteiger partial charge in [0.15, 0.2) is 5.82 Å². The van der Waals surface area contributed by atoms with Crippen molar-refractivity contribution in [3.05, 3.63) is 89.6 Å². The molecule has 0 radical (unpaired) electrons. The predicted octanol–water partition coefficient (Wildman–Crippen LogP) is 5.80. The van der Waals surface area contributed by atoms with Crippen LogP contribution < -0.4 is 10.6 Å². The van der Waals surface area contributed by atoms with Gasteiger partial charge in [-0.25, -0.2) is 19.2 Å². The van der Waals surface area contributed by atoms with Gasteiger partial charge in [-0.05, 0) is 29.8 Å². The third-order valence-corrected chi connectivity index (χ3v) is 6.21. The fraction of sp³-hybridized carbons (Fsp3) is 0.185. The highest BCUT2D eigenvalue weighted by Gasteiger charge is 2.36. The van der Waals surface area contributed by atoms with Crippen molar-refractivity contribution in [1.82, 2.24) is 25.2 Å². The van der Waals surface area contributed by atoms with Crippen molar-refractivity contribution in [3.63, 3.8) is 0 Å². The number of rotatable bonds is 4. The number of benzene rings is 2. The SMILES string of the molecule is CNC(=O)N1CCc2nc(-c3ccccc3)c(Nc3cc(-c4ncccn4)c(C(F)(F)F)cc3F)cc2C1. The lowest BCUT2D eigenvalue weighted by molar-refractivity contribution is -0.137. The van der Waals surface area contributed by atoms with Gasteiger partial charge in [-0.15, -0.1) is 0 Å². The molecule has 0 fully saturated rings. The second-order valence-corrected chi connectivity index (χ2v) is 8.66. The van der Waals surface area contributed by atoms with E-state index in [4.69, 9.17) is 4.98 Å². The van der Waals surface area contributed by atoms with Gasteiger partial charge in [0.05, 0.1) is 22.6 Å². The lowest BCUT2D eigenvalue weighted by Crippen LogP contribution is -2.41. The Labute approximate surface area is 215 Å². The molecule has 0 bridgehead atoms. The number of halogens is 4. The van der Waals surface area contributed by atoms with E-state index in [1.807, 2.05) is 30.3 Å². The Balaban J connectivity index is 1.63. The van der Waals surface area contributed by atoms with Gasteiger partial charge in [0, 0.05) is 55.8 Å². The number of urea groups is 1. The normalized spacial score (nSPS) is 13.1. The molecule has 2 N–H and O–H groups in total. The average Bonchev–Trinajstić information content (AvgIpc) is 2.93. The molecular formula is C27H22F4N6O. The smallest absolute Gasteiger partial charge is 0.351 e. The fourth-order valence-corrected chi connectivity index (χ4v) is 4.39. The Kier molecular flexibility index (Phi) is 6.66. The maximum atomic E-state index is 15.2. The molecule has 7 nitrogen and oxygen atoms in total. The molecule has 2 amide bonds. The summed E-state index contributed by atoms with van der Waals surface area (Å²) >= 11 is 0. The number of fused-ring (bicyclic) bond motifs is 1. The number of aromatic nitrogens is 3. The lowest BCUT2D eigenvalue weighted by Gasteiger charge is -2.29. The van der Waals surface area contributed by atoms with Crippen LogP contribution in [0.25, 0.3) is 22.6 Å². The Morgan fingerprint density at radius 2 is 1.74 bits per heavy atom. The molecule has 0 aliphatic carbocycles. The van der Waals surface area contributed by atoms with E-state index in [9.17, 15) is 18.0 Å². The Morgan fingerprint density at radius 1 is 1.00 bits per heavy atom. The van der Waals surface area contributed by atoms with E-state index in [1.54, 1.807) is 18.0 Å². The van der Waals surface area contributed by atoms with Crippen LogP contribution in [-0.4, -0.2) is 39.5 Å². The maximum absolute atomic E-state index is 15.2.